The first-order valence-electron chi connectivity index (χ1n) is 9.11. The van der Waals surface area contributed by atoms with E-state index in [4.69, 9.17) is 0 Å². The zero-order chi connectivity index (χ0) is 21.1. The lowest BCUT2D eigenvalue weighted by atomic mass is 10.1. The van der Waals surface area contributed by atoms with Gasteiger partial charge in [-0.05, 0) is 69.9 Å². The van der Waals surface area contributed by atoms with E-state index in [1.807, 2.05) is 19.1 Å². The molecule has 0 saturated heterocycles. The monoisotopic (exact) mass is 424 g/mol. The van der Waals surface area contributed by atoms with Crippen LogP contribution in [0.4, 0.5) is 0 Å². The van der Waals surface area contributed by atoms with Crippen LogP contribution >= 0.6 is 0 Å². The van der Waals surface area contributed by atoms with Crippen LogP contribution in [-0.2, 0) is 26.5 Å². The second-order valence-corrected chi connectivity index (χ2v) is 10.7. The molecule has 2 rings (SSSR count). The van der Waals surface area contributed by atoms with Crippen molar-refractivity contribution in [2.75, 3.05) is 6.54 Å². The standard InChI is InChI=1S/C20H28N2O4S2/c1-14(2)22-27(23,24)19-8-6-18(7-9-19)10-11-21-28(25,26)20-16(4)12-15(3)13-17(20)5/h6-9,12-14,21-22H,10-11H2,1-5H3. The second kappa shape index (κ2) is 8.73. The summed E-state index contributed by atoms with van der Waals surface area (Å²) in [6.07, 6.45) is 0.459. The molecule has 0 aliphatic heterocycles. The third-order valence-corrected chi connectivity index (χ3v) is 7.64. The van der Waals surface area contributed by atoms with Gasteiger partial charge >= 0.3 is 0 Å². The zero-order valence-corrected chi connectivity index (χ0v) is 18.5. The molecule has 0 spiro atoms. The van der Waals surface area contributed by atoms with Gasteiger partial charge in [-0.1, -0.05) is 29.8 Å². The molecule has 2 aromatic rings. The summed E-state index contributed by atoms with van der Waals surface area (Å²) in [5, 5.41) is 0. The molecule has 2 N–H and O–H groups in total. The highest BCUT2D eigenvalue weighted by Crippen LogP contribution is 2.21. The first kappa shape index (κ1) is 22.5. The highest BCUT2D eigenvalue weighted by atomic mass is 32.2. The highest BCUT2D eigenvalue weighted by Gasteiger charge is 2.19. The number of aryl methyl sites for hydroxylation is 3. The fourth-order valence-electron chi connectivity index (χ4n) is 3.21. The van der Waals surface area contributed by atoms with E-state index in [2.05, 4.69) is 9.44 Å². The molecule has 0 unspecified atom stereocenters. The fraction of sp³-hybridized carbons (Fsp3) is 0.400. The van der Waals surface area contributed by atoms with Gasteiger partial charge in [-0.25, -0.2) is 26.3 Å². The van der Waals surface area contributed by atoms with Crippen LogP contribution in [0.15, 0.2) is 46.2 Å². The molecule has 6 nitrogen and oxygen atoms in total. The predicted molar refractivity (Wildman–Crippen MR) is 111 cm³/mol. The summed E-state index contributed by atoms with van der Waals surface area (Å²) in [4.78, 5) is 0.510. The number of nitrogens with one attached hydrogen (secondary N) is 2. The van der Waals surface area contributed by atoms with Crippen LogP contribution in [0.25, 0.3) is 0 Å². The van der Waals surface area contributed by atoms with E-state index in [9.17, 15) is 16.8 Å². The van der Waals surface area contributed by atoms with Gasteiger partial charge in [0.05, 0.1) is 9.79 Å². The Balaban J connectivity index is 2.06. The summed E-state index contributed by atoms with van der Waals surface area (Å²) in [5.41, 5.74) is 3.31. The van der Waals surface area contributed by atoms with Crippen molar-refractivity contribution in [1.29, 1.82) is 0 Å². The van der Waals surface area contributed by atoms with Gasteiger partial charge in [0.25, 0.3) is 0 Å². The Morgan fingerprint density at radius 1 is 0.857 bits per heavy atom. The van der Waals surface area contributed by atoms with E-state index in [-0.39, 0.29) is 17.5 Å². The minimum Gasteiger partial charge on any atom is -0.211 e. The molecule has 0 saturated carbocycles. The number of benzene rings is 2. The zero-order valence-electron chi connectivity index (χ0n) is 16.9. The maximum atomic E-state index is 12.7. The summed E-state index contributed by atoms with van der Waals surface area (Å²) < 4.78 is 54.8. The van der Waals surface area contributed by atoms with Crippen LogP contribution in [0.1, 0.15) is 36.1 Å². The Labute approximate surface area is 168 Å². The minimum absolute atomic E-state index is 0.187. The average Bonchev–Trinajstić information content (AvgIpc) is 2.52. The van der Waals surface area contributed by atoms with Crippen LogP contribution < -0.4 is 9.44 Å². The molecule has 8 heteroatoms. The molecule has 0 atom stereocenters. The molecule has 0 bridgehead atoms. The van der Waals surface area contributed by atoms with E-state index < -0.39 is 20.0 Å². The summed E-state index contributed by atoms with van der Waals surface area (Å²) >= 11 is 0. The van der Waals surface area contributed by atoms with Crippen LogP contribution in [-0.4, -0.2) is 29.4 Å². The molecular weight excluding hydrogens is 396 g/mol. The first-order chi connectivity index (χ1) is 12.9. The molecule has 28 heavy (non-hydrogen) atoms. The lowest BCUT2D eigenvalue weighted by Crippen LogP contribution is -2.30. The van der Waals surface area contributed by atoms with Crippen molar-refractivity contribution in [2.45, 2.75) is 56.9 Å². The van der Waals surface area contributed by atoms with Crippen LogP contribution in [0, 0.1) is 20.8 Å². The number of rotatable bonds is 8. The van der Waals surface area contributed by atoms with Crippen molar-refractivity contribution in [2.24, 2.45) is 0 Å². The number of hydrogen-bond donors (Lipinski definition) is 2. The van der Waals surface area contributed by atoms with Gasteiger partial charge < -0.3 is 0 Å². The maximum absolute atomic E-state index is 12.7. The molecular formula is C20H28N2O4S2. The molecule has 0 fully saturated rings. The normalized spacial score (nSPS) is 12.5. The van der Waals surface area contributed by atoms with Crippen molar-refractivity contribution in [3.63, 3.8) is 0 Å². The Morgan fingerprint density at radius 2 is 1.39 bits per heavy atom. The number of sulfonamides is 2. The molecule has 0 heterocycles. The Kier molecular flexibility index (Phi) is 7.03. The van der Waals surface area contributed by atoms with Crippen LogP contribution in [0.5, 0.6) is 0 Å². The predicted octanol–water partition coefficient (Wildman–Crippen LogP) is 2.82. The van der Waals surface area contributed by atoms with Crippen LogP contribution in [0.2, 0.25) is 0 Å². The minimum atomic E-state index is -3.61. The van der Waals surface area contributed by atoms with Crippen molar-refractivity contribution in [1.82, 2.24) is 9.44 Å². The molecule has 0 aromatic heterocycles. The van der Waals surface area contributed by atoms with E-state index in [1.54, 1.807) is 39.8 Å². The molecule has 0 radical (unpaired) electrons. The lowest BCUT2D eigenvalue weighted by Gasteiger charge is -2.13. The summed E-state index contributed by atoms with van der Waals surface area (Å²) in [6, 6.07) is 9.98. The summed E-state index contributed by atoms with van der Waals surface area (Å²) in [7, 11) is -7.14. The molecule has 2 aromatic carbocycles. The third-order valence-electron chi connectivity index (χ3n) is 4.20. The largest absolute Gasteiger partial charge is 0.241 e. The quantitative estimate of drug-likeness (QED) is 0.682. The highest BCUT2D eigenvalue weighted by molar-refractivity contribution is 7.89. The van der Waals surface area contributed by atoms with Gasteiger partial charge in [0.2, 0.25) is 20.0 Å². The van der Waals surface area contributed by atoms with Gasteiger partial charge in [-0.2, -0.15) is 0 Å². The van der Waals surface area contributed by atoms with Crippen molar-refractivity contribution in [3.8, 4) is 0 Å². The Morgan fingerprint density at radius 3 is 1.89 bits per heavy atom. The van der Waals surface area contributed by atoms with Crippen molar-refractivity contribution in [3.05, 3.63) is 58.7 Å². The second-order valence-electron chi connectivity index (χ2n) is 7.30. The molecule has 0 amide bonds. The molecule has 0 aliphatic carbocycles. The van der Waals surface area contributed by atoms with E-state index in [1.165, 1.54) is 12.1 Å². The molecule has 154 valence electrons. The van der Waals surface area contributed by atoms with Gasteiger partial charge in [-0.3, -0.25) is 0 Å². The Hall–Kier alpha value is -1.74. The smallest absolute Gasteiger partial charge is 0.211 e. The van der Waals surface area contributed by atoms with Gasteiger partial charge in [-0.15, -0.1) is 0 Å². The van der Waals surface area contributed by atoms with E-state index in [0.717, 1.165) is 22.3 Å². The lowest BCUT2D eigenvalue weighted by molar-refractivity contribution is 0.569. The summed E-state index contributed by atoms with van der Waals surface area (Å²) in [5.74, 6) is 0. The van der Waals surface area contributed by atoms with Gasteiger partial charge in [0.1, 0.15) is 0 Å². The van der Waals surface area contributed by atoms with Crippen molar-refractivity contribution < 1.29 is 16.8 Å². The number of hydrogen-bond acceptors (Lipinski definition) is 4. The van der Waals surface area contributed by atoms with E-state index in [0.29, 0.717) is 11.3 Å². The third kappa shape index (κ3) is 5.64. The first-order valence-corrected chi connectivity index (χ1v) is 12.1. The Bertz CT molecular complexity index is 1020. The average molecular weight is 425 g/mol. The maximum Gasteiger partial charge on any atom is 0.241 e. The van der Waals surface area contributed by atoms with E-state index >= 15 is 0 Å². The summed E-state index contributed by atoms with van der Waals surface area (Å²) in [6.45, 7) is 9.26. The molecule has 0 aliphatic rings. The topological polar surface area (TPSA) is 92.3 Å². The van der Waals surface area contributed by atoms with Crippen LogP contribution in [0.3, 0.4) is 0 Å². The SMILES string of the molecule is Cc1cc(C)c(S(=O)(=O)NCCc2ccc(S(=O)(=O)NC(C)C)cc2)c(C)c1. The fourth-order valence-corrected chi connectivity index (χ4v) is 5.94. The van der Waals surface area contributed by atoms with Gasteiger partial charge in [0.15, 0.2) is 0 Å². The van der Waals surface area contributed by atoms with Crippen molar-refractivity contribution >= 4 is 20.0 Å². The van der Waals surface area contributed by atoms with Gasteiger partial charge in [0, 0.05) is 12.6 Å².